The minimum Gasteiger partial charge on any atom is -0.324 e. The van der Waals surface area contributed by atoms with Gasteiger partial charge in [0.25, 0.3) is 5.69 Å². The number of hydrogen-bond donors (Lipinski definition) is 1. The van der Waals surface area contributed by atoms with Crippen molar-refractivity contribution < 1.29 is 18.1 Å². The maximum absolute atomic E-state index is 12.5. The lowest BCUT2D eigenvalue weighted by atomic mass is 10.2. The zero-order valence-corrected chi connectivity index (χ0v) is 15.5. The Morgan fingerprint density at radius 3 is 2.38 bits per heavy atom. The van der Waals surface area contributed by atoms with Gasteiger partial charge in [-0.3, -0.25) is 19.2 Å². The molecule has 0 saturated carbocycles. The number of hydrogen-bond acceptors (Lipinski definition) is 5. The summed E-state index contributed by atoms with van der Waals surface area (Å²) in [4.78, 5) is 22.7. The monoisotopic (exact) mass is 397 g/mol. The van der Waals surface area contributed by atoms with Gasteiger partial charge >= 0.3 is 0 Å². The normalized spacial score (nSPS) is 12.3. The highest BCUT2D eigenvalue weighted by Crippen LogP contribution is 2.24. The zero-order chi connectivity index (χ0) is 19.5. The predicted octanol–water partition coefficient (Wildman–Crippen LogP) is 3.04. The molecule has 1 N–H and O–H groups in total. The molecule has 1 amide bonds. The van der Waals surface area contributed by atoms with Crippen LogP contribution in [0.15, 0.2) is 48.5 Å². The van der Waals surface area contributed by atoms with Gasteiger partial charge in [-0.05, 0) is 37.3 Å². The van der Waals surface area contributed by atoms with E-state index in [1.165, 1.54) is 55.5 Å². The van der Waals surface area contributed by atoms with Crippen molar-refractivity contribution in [3.05, 3.63) is 63.7 Å². The molecule has 0 radical (unpaired) electrons. The van der Waals surface area contributed by atoms with Gasteiger partial charge in [0.15, 0.2) is 0 Å². The van der Waals surface area contributed by atoms with Gasteiger partial charge in [0, 0.05) is 22.8 Å². The minimum absolute atomic E-state index is 0.187. The SMILES string of the molecule is C[C@@H](C(=O)Nc1cccc([N+](=O)[O-])c1)N(c1ccc(Cl)cc1)S(C)(=O)=O. The quantitative estimate of drug-likeness (QED) is 0.595. The Morgan fingerprint density at radius 2 is 1.85 bits per heavy atom. The van der Waals surface area contributed by atoms with Crippen molar-refractivity contribution in [1.29, 1.82) is 0 Å². The van der Waals surface area contributed by atoms with Crippen LogP contribution in [0.5, 0.6) is 0 Å². The summed E-state index contributed by atoms with van der Waals surface area (Å²) in [5, 5.41) is 13.7. The van der Waals surface area contributed by atoms with E-state index in [-0.39, 0.29) is 17.1 Å². The number of amides is 1. The van der Waals surface area contributed by atoms with E-state index in [9.17, 15) is 23.3 Å². The minimum atomic E-state index is -3.77. The first kappa shape index (κ1) is 19.7. The number of nitrogens with one attached hydrogen (secondary N) is 1. The van der Waals surface area contributed by atoms with Crippen molar-refractivity contribution in [3.8, 4) is 0 Å². The van der Waals surface area contributed by atoms with E-state index in [2.05, 4.69) is 5.32 Å². The van der Waals surface area contributed by atoms with Crippen LogP contribution >= 0.6 is 11.6 Å². The fraction of sp³-hybridized carbons (Fsp3) is 0.188. The molecular formula is C16H16ClN3O5S. The molecule has 138 valence electrons. The molecule has 0 aromatic heterocycles. The number of nitro groups is 1. The molecule has 26 heavy (non-hydrogen) atoms. The molecule has 0 bridgehead atoms. The number of nitro benzene ring substituents is 1. The van der Waals surface area contributed by atoms with Crippen molar-refractivity contribution in [2.45, 2.75) is 13.0 Å². The first-order valence-corrected chi connectivity index (χ1v) is 9.62. The van der Waals surface area contributed by atoms with Gasteiger partial charge in [0.05, 0.1) is 16.9 Å². The van der Waals surface area contributed by atoms with Crippen LogP contribution in [-0.2, 0) is 14.8 Å². The molecule has 2 rings (SSSR count). The van der Waals surface area contributed by atoms with Crippen LogP contribution in [0.3, 0.4) is 0 Å². The van der Waals surface area contributed by atoms with Crippen LogP contribution in [0.2, 0.25) is 5.02 Å². The maximum Gasteiger partial charge on any atom is 0.271 e. The van der Waals surface area contributed by atoms with Crippen molar-refractivity contribution in [3.63, 3.8) is 0 Å². The number of halogens is 1. The number of carbonyl (C=O) groups excluding carboxylic acids is 1. The highest BCUT2D eigenvalue weighted by Gasteiger charge is 2.29. The number of sulfonamides is 1. The maximum atomic E-state index is 12.5. The molecule has 0 unspecified atom stereocenters. The van der Waals surface area contributed by atoms with E-state index >= 15 is 0 Å². The van der Waals surface area contributed by atoms with E-state index in [0.717, 1.165) is 10.6 Å². The predicted molar refractivity (Wildman–Crippen MR) is 100.0 cm³/mol. The summed E-state index contributed by atoms with van der Waals surface area (Å²) in [5.74, 6) is -0.633. The number of rotatable bonds is 6. The highest BCUT2D eigenvalue weighted by molar-refractivity contribution is 7.92. The van der Waals surface area contributed by atoms with E-state index in [0.29, 0.717) is 5.02 Å². The molecule has 0 aliphatic heterocycles. The molecule has 0 heterocycles. The zero-order valence-electron chi connectivity index (χ0n) is 13.9. The molecule has 8 nitrogen and oxygen atoms in total. The van der Waals surface area contributed by atoms with Crippen LogP contribution in [-0.4, -0.2) is 31.5 Å². The van der Waals surface area contributed by atoms with Gasteiger partial charge in [-0.2, -0.15) is 0 Å². The highest BCUT2D eigenvalue weighted by atomic mass is 35.5. The standard InChI is InChI=1S/C16H16ClN3O5S/c1-11(16(21)18-13-4-3-5-15(10-13)20(22)23)19(26(2,24)25)14-8-6-12(17)7-9-14/h3-11H,1-2H3,(H,18,21)/t11-/m0/s1. The third-order valence-corrected chi connectivity index (χ3v) is 4.99. The van der Waals surface area contributed by atoms with Gasteiger partial charge in [-0.15, -0.1) is 0 Å². The van der Waals surface area contributed by atoms with Gasteiger partial charge in [-0.25, -0.2) is 8.42 Å². The number of anilines is 2. The van der Waals surface area contributed by atoms with Gasteiger partial charge in [0.1, 0.15) is 6.04 Å². The van der Waals surface area contributed by atoms with Crippen LogP contribution in [0.1, 0.15) is 6.92 Å². The summed E-state index contributed by atoms with van der Waals surface area (Å²) in [6.07, 6.45) is 0.985. The summed E-state index contributed by atoms with van der Waals surface area (Å²) in [6, 6.07) is 10.3. The first-order valence-electron chi connectivity index (χ1n) is 7.40. The number of carbonyl (C=O) groups is 1. The second-order valence-corrected chi connectivity index (χ2v) is 7.80. The molecular weight excluding hydrogens is 382 g/mol. The molecule has 2 aromatic rings. The Bertz CT molecular complexity index is 931. The molecule has 0 fully saturated rings. The molecule has 1 atom stereocenters. The fourth-order valence-corrected chi connectivity index (χ4v) is 3.64. The van der Waals surface area contributed by atoms with Crippen molar-refractivity contribution in [2.75, 3.05) is 15.9 Å². The average molecular weight is 398 g/mol. The second-order valence-electron chi connectivity index (χ2n) is 5.51. The van der Waals surface area contributed by atoms with Gasteiger partial charge < -0.3 is 5.32 Å². The van der Waals surface area contributed by atoms with Crippen molar-refractivity contribution in [1.82, 2.24) is 0 Å². The lowest BCUT2D eigenvalue weighted by Gasteiger charge is -2.28. The summed E-state index contributed by atoms with van der Waals surface area (Å²) in [6.45, 7) is 1.42. The summed E-state index contributed by atoms with van der Waals surface area (Å²) in [5.41, 5.74) is 0.285. The van der Waals surface area contributed by atoms with Crippen LogP contribution < -0.4 is 9.62 Å². The number of benzene rings is 2. The summed E-state index contributed by atoms with van der Waals surface area (Å²) in [7, 11) is -3.77. The Morgan fingerprint density at radius 1 is 1.23 bits per heavy atom. The number of non-ortho nitro benzene ring substituents is 1. The van der Waals surface area contributed by atoms with Crippen LogP contribution in [0.4, 0.5) is 17.1 Å². The van der Waals surface area contributed by atoms with E-state index in [4.69, 9.17) is 11.6 Å². The third kappa shape index (κ3) is 4.70. The third-order valence-electron chi connectivity index (χ3n) is 3.49. The van der Waals surface area contributed by atoms with E-state index in [1.807, 2.05) is 0 Å². The fourth-order valence-electron chi connectivity index (χ4n) is 2.34. The molecule has 10 heteroatoms. The Balaban J connectivity index is 2.29. The van der Waals surface area contributed by atoms with Crippen molar-refractivity contribution in [2.24, 2.45) is 0 Å². The van der Waals surface area contributed by atoms with Gasteiger partial charge in [0.2, 0.25) is 15.9 Å². The molecule has 0 saturated heterocycles. The van der Waals surface area contributed by atoms with Crippen LogP contribution in [0, 0.1) is 10.1 Å². The summed E-state index contributed by atoms with van der Waals surface area (Å²) < 4.78 is 25.3. The Kier molecular flexibility index (Phi) is 5.83. The molecule has 2 aromatic carbocycles. The van der Waals surface area contributed by atoms with Gasteiger partial charge in [-0.1, -0.05) is 17.7 Å². The second kappa shape index (κ2) is 7.71. The van der Waals surface area contributed by atoms with Crippen LogP contribution in [0.25, 0.3) is 0 Å². The lowest BCUT2D eigenvalue weighted by Crippen LogP contribution is -2.45. The first-order chi connectivity index (χ1) is 12.1. The van der Waals surface area contributed by atoms with E-state index < -0.39 is 26.9 Å². The molecule has 0 aliphatic rings. The van der Waals surface area contributed by atoms with Crippen molar-refractivity contribution >= 4 is 44.6 Å². The average Bonchev–Trinajstić information content (AvgIpc) is 2.55. The number of nitrogens with zero attached hydrogens (tertiary/aromatic N) is 2. The molecule has 0 spiro atoms. The largest absolute Gasteiger partial charge is 0.324 e. The summed E-state index contributed by atoms with van der Waals surface area (Å²) >= 11 is 5.82. The van der Waals surface area contributed by atoms with E-state index in [1.54, 1.807) is 0 Å². The smallest absolute Gasteiger partial charge is 0.271 e. The lowest BCUT2D eigenvalue weighted by molar-refractivity contribution is -0.384. The Hall–Kier alpha value is -2.65. The molecule has 0 aliphatic carbocycles. The Labute approximate surface area is 155 Å². The topological polar surface area (TPSA) is 110 Å².